The summed E-state index contributed by atoms with van der Waals surface area (Å²) in [6.45, 7) is 0.0890. The van der Waals surface area contributed by atoms with E-state index in [1.54, 1.807) is 43.5 Å². The molecule has 0 spiro atoms. The fourth-order valence-electron chi connectivity index (χ4n) is 1.85. The normalized spacial score (nSPS) is 11.7. The summed E-state index contributed by atoms with van der Waals surface area (Å²) in [6, 6.07) is 16.1. The molecule has 0 fully saturated rings. The van der Waals surface area contributed by atoms with Crippen molar-refractivity contribution in [1.82, 2.24) is 0 Å². The van der Waals surface area contributed by atoms with E-state index < -0.39 is 11.9 Å². The molecule has 0 aromatic heterocycles. The van der Waals surface area contributed by atoms with Crippen molar-refractivity contribution in [2.45, 2.75) is 5.92 Å². The number of methoxy groups -OCH3 is 1. The van der Waals surface area contributed by atoms with Crippen molar-refractivity contribution < 1.29 is 19.4 Å². The number of rotatable bonds is 6. The molecule has 0 saturated carbocycles. The predicted octanol–water partition coefficient (Wildman–Crippen LogP) is 2.94. The number of hydrogen-bond acceptors (Lipinski definition) is 3. The number of carboxylic acid groups (broad SMARTS) is 1. The Morgan fingerprint density at radius 3 is 2.20 bits per heavy atom. The summed E-state index contributed by atoms with van der Waals surface area (Å²) in [5.41, 5.74) is 0.730. The average Bonchev–Trinajstić information content (AvgIpc) is 2.49. The van der Waals surface area contributed by atoms with Gasteiger partial charge in [-0.1, -0.05) is 30.3 Å². The standard InChI is InChI=1S/C16H16O4/c1-19-13-7-9-14(10-8-13)20-11-15(16(17)18)12-5-3-2-4-6-12/h2-10,15H,11H2,1H3,(H,17,18). The smallest absolute Gasteiger partial charge is 0.314 e. The Bertz CT molecular complexity index is 548. The third kappa shape index (κ3) is 3.51. The molecule has 1 atom stereocenters. The third-order valence-corrected chi connectivity index (χ3v) is 2.98. The van der Waals surface area contributed by atoms with Crippen molar-refractivity contribution in [3.05, 3.63) is 60.2 Å². The predicted molar refractivity (Wildman–Crippen MR) is 75.3 cm³/mol. The minimum absolute atomic E-state index is 0.0890. The van der Waals surface area contributed by atoms with Crippen LogP contribution in [0.2, 0.25) is 0 Å². The molecule has 0 saturated heterocycles. The maximum atomic E-state index is 11.3. The fraction of sp³-hybridized carbons (Fsp3) is 0.188. The highest BCUT2D eigenvalue weighted by Gasteiger charge is 2.20. The van der Waals surface area contributed by atoms with Crippen LogP contribution in [-0.4, -0.2) is 24.8 Å². The van der Waals surface area contributed by atoms with Gasteiger partial charge in [-0.15, -0.1) is 0 Å². The summed E-state index contributed by atoms with van der Waals surface area (Å²) < 4.78 is 10.6. The summed E-state index contributed by atoms with van der Waals surface area (Å²) in [6.07, 6.45) is 0. The largest absolute Gasteiger partial charge is 0.497 e. The molecule has 0 radical (unpaired) electrons. The van der Waals surface area contributed by atoms with E-state index in [4.69, 9.17) is 9.47 Å². The second kappa shape index (κ2) is 6.61. The molecular formula is C16H16O4. The molecule has 4 nitrogen and oxygen atoms in total. The molecule has 0 aliphatic rings. The van der Waals surface area contributed by atoms with Gasteiger partial charge in [0, 0.05) is 0 Å². The second-order valence-corrected chi connectivity index (χ2v) is 4.29. The van der Waals surface area contributed by atoms with Crippen LogP contribution in [0.25, 0.3) is 0 Å². The Kier molecular flexibility index (Phi) is 4.60. The van der Waals surface area contributed by atoms with Crippen LogP contribution in [0.4, 0.5) is 0 Å². The quantitative estimate of drug-likeness (QED) is 0.878. The van der Waals surface area contributed by atoms with E-state index in [2.05, 4.69) is 0 Å². The van der Waals surface area contributed by atoms with Crippen molar-refractivity contribution >= 4 is 5.97 Å². The summed E-state index contributed by atoms with van der Waals surface area (Å²) >= 11 is 0. The van der Waals surface area contributed by atoms with E-state index in [1.807, 2.05) is 18.2 Å². The van der Waals surface area contributed by atoms with Crippen molar-refractivity contribution in [3.8, 4) is 11.5 Å². The van der Waals surface area contributed by atoms with Gasteiger partial charge in [-0.05, 0) is 29.8 Å². The minimum atomic E-state index is -0.898. The van der Waals surface area contributed by atoms with Crippen LogP contribution < -0.4 is 9.47 Å². The van der Waals surface area contributed by atoms with Crippen LogP contribution in [0, 0.1) is 0 Å². The van der Waals surface area contributed by atoms with E-state index in [0.717, 1.165) is 11.3 Å². The molecular weight excluding hydrogens is 256 g/mol. The van der Waals surface area contributed by atoms with Crippen LogP contribution in [0.5, 0.6) is 11.5 Å². The van der Waals surface area contributed by atoms with E-state index in [1.165, 1.54) is 0 Å². The lowest BCUT2D eigenvalue weighted by Crippen LogP contribution is -2.19. The van der Waals surface area contributed by atoms with Gasteiger partial charge in [0.2, 0.25) is 0 Å². The molecule has 0 amide bonds. The van der Waals surface area contributed by atoms with Crippen LogP contribution in [0.3, 0.4) is 0 Å². The molecule has 2 aromatic carbocycles. The van der Waals surface area contributed by atoms with Crippen molar-refractivity contribution in [1.29, 1.82) is 0 Å². The number of benzene rings is 2. The number of carbonyl (C=O) groups is 1. The highest BCUT2D eigenvalue weighted by Crippen LogP contribution is 2.21. The lowest BCUT2D eigenvalue weighted by molar-refractivity contribution is -0.139. The van der Waals surface area contributed by atoms with Gasteiger partial charge in [0.25, 0.3) is 0 Å². The molecule has 20 heavy (non-hydrogen) atoms. The lowest BCUT2D eigenvalue weighted by Gasteiger charge is -2.14. The summed E-state index contributed by atoms with van der Waals surface area (Å²) in [5.74, 6) is -0.230. The Morgan fingerprint density at radius 1 is 1.05 bits per heavy atom. The van der Waals surface area contributed by atoms with Crippen LogP contribution in [0.15, 0.2) is 54.6 Å². The zero-order chi connectivity index (χ0) is 14.4. The molecule has 2 rings (SSSR count). The molecule has 104 valence electrons. The van der Waals surface area contributed by atoms with Gasteiger partial charge in [-0.2, -0.15) is 0 Å². The van der Waals surface area contributed by atoms with Crippen LogP contribution >= 0.6 is 0 Å². The molecule has 0 aliphatic carbocycles. The van der Waals surface area contributed by atoms with E-state index in [0.29, 0.717) is 5.75 Å². The molecule has 2 aromatic rings. The Labute approximate surface area is 117 Å². The summed E-state index contributed by atoms with van der Waals surface area (Å²) in [7, 11) is 1.59. The highest BCUT2D eigenvalue weighted by molar-refractivity contribution is 5.76. The first-order chi connectivity index (χ1) is 9.70. The second-order valence-electron chi connectivity index (χ2n) is 4.29. The number of ether oxygens (including phenoxy) is 2. The van der Waals surface area contributed by atoms with Gasteiger partial charge in [-0.3, -0.25) is 4.79 Å². The molecule has 1 unspecified atom stereocenters. The first-order valence-corrected chi connectivity index (χ1v) is 6.25. The molecule has 1 N–H and O–H groups in total. The van der Waals surface area contributed by atoms with Gasteiger partial charge >= 0.3 is 5.97 Å². The van der Waals surface area contributed by atoms with E-state index in [9.17, 15) is 9.90 Å². The van der Waals surface area contributed by atoms with Gasteiger partial charge in [0.1, 0.15) is 24.0 Å². The number of carboxylic acids is 1. The molecule has 0 aliphatic heterocycles. The monoisotopic (exact) mass is 272 g/mol. The molecule has 4 heteroatoms. The maximum absolute atomic E-state index is 11.3. The topological polar surface area (TPSA) is 55.8 Å². The van der Waals surface area contributed by atoms with E-state index >= 15 is 0 Å². The van der Waals surface area contributed by atoms with E-state index in [-0.39, 0.29) is 6.61 Å². The Hall–Kier alpha value is -2.49. The molecule has 0 heterocycles. The van der Waals surface area contributed by atoms with Crippen LogP contribution in [-0.2, 0) is 4.79 Å². The number of hydrogen-bond donors (Lipinski definition) is 1. The molecule has 0 bridgehead atoms. The summed E-state index contributed by atoms with van der Waals surface area (Å²) in [4.78, 5) is 11.3. The Balaban J connectivity index is 2.04. The van der Waals surface area contributed by atoms with Gasteiger partial charge in [0.15, 0.2) is 0 Å². The third-order valence-electron chi connectivity index (χ3n) is 2.98. The minimum Gasteiger partial charge on any atom is -0.497 e. The average molecular weight is 272 g/mol. The zero-order valence-corrected chi connectivity index (χ0v) is 11.2. The van der Waals surface area contributed by atoms with Gasteiger partial charge in [0.05, 0.1) is 7.11 Å². The van der Waals surface area contributed by atoms with Crippen molar-refractivity contribution in [3.63, 3.8) is 0 Å². The Morgan fingerprint density at radius 2 is 1.65 bits per heavy atom. The lowest BCUT2D eigenvalue weighted by atomic mass is 10.0. The summed E-state index contributed by atoms with van der Waals surface area (Å²) in [5, 5.41) is 9.29. The highest BCUT2D eigenvalue weighted by atomic mass is 16.5. The zero-order valence-electron chi connectivity index (χ0n) is 11.2. The number of aliphatic carboxylic acids is 1. The van der Waals surface area contributed by atoms with Gasteiger partial charge in [-0.25, -0.2) is 0 Å². The van der Waals surface area contributed by atoms with Crippen LogP contribution in [0.1, 0.15) is 11.5 Å². The first-order valence-electron chi connectivity index (χ1n) is 6.25. The van der Waals surface area contributed by atoms with Crippen molar-refractivity contribution in [2.24, 2.45) is 0 Å². The SMILES string of the molecule is COc1ccc(OCC(C(=O)O)c2ccccc2)cc1. The first kappa shape index (κ1) is 13.9. The van der Waals surface area contributed by atoms with Crippen molar-refractivity contribution in [2.75, 3.05) is 13.7 Å². The fourth-order valence-corrected chi connectivity index (χ4v) is 1.85. The van der Waals surface area contributed by atoms with Gasteiger partial charge < -0.3 is 14.6 Å². The maximum Gasteiger partial charge on any atom is 0.314 e.